The number of hydrogen-bond acceptors (Lipinski definition) is 6. The van der Waals surface area contributed by atoms with Crippen molar-refractivity contribution in [1.29, 1.82) is 0 Å². The number of carbonyl (C=O) groups excluding carboxylic acids is 1. The van der Waals surface area contributed by atoms with Gasteiger partial charge in [0, 0.05) is 27.8 Å². The minimum Gasteiger partial charge on any atom is -0.458 e. The Bertz CT molecular complexity index is 1450. The molecule has 9 heteroatoms. The third-order valence-electron chi connectivity index (χ3n) is 7.05. The van der Waals surface area contributed by atoms with Gasteiger partial charge in [-0.05, 0) is 43.0 Å². The maximum absolute atomic E-state index is 13.4. The first-order valence-corrected chi connectivity index (χ1v) is 11.2. The number of halogens is 2. The van der Waals surface area contributed by atoms with Crippen molar-refractivity contribution in [3.63, 3.8) is 0 Å². The van der Waals surface area contributed by atoms with Crippen LogP contribution >= 0.6 is 23.2 Å². The number of carbonyl (C=O) groups is 1. The fraction of sp³-hybridized carbons (Fsp3) is 0.348. The number of nitrogens with two attached hydrogens (primary N) is 1. The van der Waals surface area contributed by atoms with Gasteiger partial charge in [-0.25, -0.2) is 9.78 Å². The fourth-order valence-corrected chi connectivity index (χ4v) is 5.94. The number of rotatable bonds is 1. The van der Waals surface area contributed by atoms with Crippen LogP contribution in [-0.2, 0) is 39.0 Å². The first kappa shape index (κ1) is 20.0. The number of alkyl halides is 2. The standard InChI is InChI=1S/C23H19Cl2N3O4/c1-2-22(31)13-7-16-19-11(8-28(16)20(29)12(13)9-32-21(22)30)18-17-10(5-6-23(18,24)25)14(26)3-4-15(17)27-19/h3-4,7,31H,2,5-6,8-9,26H2,1H3/t22-/m0/s1. The van der Waals surface area contributed by atoms with Crippen LogP contribution in [0.1, 0.15) is 47.6 Å². The molecule has 7 nitrogen and oxygen atoms in total. The largest absolute Gasteiger partial charge is 0.458 e. The van der Waals surface area contributed by atoms with Crippen molar-refractivity contribution in [2.24, 2.45) is 0 Å². The lowest BCUT2D eigenvalue weighted by atomic mass is 9.84. The summed E-state index contributed by atoms with van der Waals surface area (Å²) in [6, 6.07) is 5.33. The Morgan fingerprint density at radius 1 is 1.25 bits per heavy atom. The van der Waals surface area contributed by atoms with Crippen LogP contribution in [0.2, 0.25) is 0 Å². The summed E-state index contributed by atoms with van der Waals surface area (Å²) >= 11 is 13.6. The number of pyridine rings is 2. The van der Waals surface area contributed by atoms with Gasteiger partial charge < -0.3 is 20.1 Å². The zero-order chi connectivity index (χ0) is 22.6. The summed E-state index contributed by atoms with van der Waals surface area (Å²) < 4.78 is 5.57. The van der Waals surface area contributed by atoms with Crippen LogP contribution in [0.25, 0.3) is 22.3 Å². The van der Waals surface area contributed by atoms with E-state index in [1.165, 1.54) is 0 Å². The maximum atomic E-state index is 13.4. The summed E-state index contributed by atoms with van der Waals surface area (Å²) in [5.41, 5.74) is 9.51. The molecule has 3 aliphatic rings. The molecule has 3 aromatic rings. The average molecular weight is 472 g/mol. The number of nitrogens with zero attached hydrogens (tertiary/aromatic N) is 2. The van der Waals surface area contributed by atoms with E-state index in [2.05, 4.69) is 0 Å². The molecule has 1 aromatic carbocycles. The number of aromatic nitrogens is 2. The molecule has 0 fully saturated rings. The first-order chi connectivity index (χ1) is 15.2. The van der Waals surface area contributed by atoms with Gasteiger partial charge in [0.15, 0.2) is 5.60 Å². The zero-order valence-electron chi connectivity index (χ0n) is 17.2. The molecule has 2 aromatic heterocycles. The molecule has 0 saturated carbocycles. The number of fused-ring (bicyclic) bond motifs is 5. The van der Waals surface area contributed by atoms with Crippen molar-refractivity contribution >= 4 is 45.8 Å². The first-order valence-electron chi connectivity index (χ1n) is 10.5. The highest BCUT2D eigenvalue weighted by Crippen LogP contribution is 2.52. The number of anilines is 1. The summed E-state index contributed by atoms with van der Waals surface area (Å²) in [7, 11) is 0. The molecule has 0 bridgehead atoms. The molecule has 0 amide bonds. The molecule has 4 heterocycles. The lowest BCUT2D eigenvalue weighted by molar-refractivity contribution is -0.172. The summed E-state index contributed by atoms with van der Waals surface area (Å²) in [5.74, 6) is -0.753. The van der Waals surface area contributed by atoms with E-state index in [4.69, 9.17) is 38.7 Å². The number of hydrogen-bond donors (Lipinski definition) is 2. The highest BCUT2D eigenvalue weighted by Gasteiger charge is 2.46. The monoisotopic (exact) mass is 471 g/mol. The Hall–Kier alpha value is -2.61. The van der Waals surface area contributed by atoms with Crippen molar-refractivity contribution in [3.8, 4) is 11.4 Å². The van der Waals surface area contributed by atoms with E-state index in [0.29, 0.717) is 35.4 Å². The van der Waals surface area contributed by atoms with E-state index < -0.39 is 15.9 Å². The average Bonchev–Trinajstić information content (AvgIpc) is 3.13. The smallest absolute Gasteiger partial charge is 0.343 e. The highest BCUT2D eigenvalue weighted by atomic mass is 35.5. The maximum Gasteiger partial charge on any atom is 0.343 e. The molecule has 0 unspecified atom stereocenters. The topological polar surface area (TPSA) is 107 Å². The van der Waals surface area contributed by atoms with E-state index in [9.17, 15) is 14.7 Å². The van der Waals surface area contributed by atoms with E-state index >= 15 is 0 Å². The summed E-state index contributed by atoms with van der Waals surface area (Å²) in [5, 5.41) is 11.9. The van der Waals surface area contributed by atoms with Crippen molar-refractivity contribution in [2.45, 2.75) is 49.3 Å². The molecule has 0 radical (unpaired) electrons. The minimum absolute atomic E-state index is 0.0834. The number of cyclic esters (lactones) is 1. The third-order valence-corrected chi connectivity index (χ3v) is 7.81. The molecule has 1 aliphatic carbocycles. The summed E-state index contributed by atoms with van der Waals surface area (Å²) in [6.45, 7) is 1.74. The third kappa shape index (κ3) is 2.33. The Morgan fingerprint density at radius 3 is 2.78 bits per heavy atom. The Balaban J connectivity index is 1.71. The second kappa shape index (κ2) is 6.25. The second-order valence-corrected chi connectivity index (χ2v) is 10.1. The molecule has 6 rings (SSSR count). The molecule has 32 heavy (non-hydrogen) atoms. The van der Waals surface area contributed by atoms with Crippen LogP contribution in [0.3, 0.4) is 0 Å². The van der Waals surface area contributed by atoms with E-state index in [-0.39, 0.29) is 36.3 Å². The van der Waals surface area contributed by atoms with Gasteiger partial charge in [0.25, 0.3) is 5.56 Å². The van der Waals surface area contributed by atoms with Crippen LogP contribution in [0.15, 0.2) is 23.0 Å². The molecule has 2 aliphatic heterocycles. The quantitative estimate of drug-likeness (QED) is 0.250. The van der Waals surface area contributed by atoms with Gasteiger partial charge in [-0.1, -0.05) is 30.1 Å². The summed E-state index contributed by atoms with van der Waals surface area (Å²) in [6.07, 6.45) is 1.20. The molecule has 0 spiro atoms. The number of ether oxygens (including phenoxy) is 1. The predicted octanol–water partition coefficient (Wildman–Crippen LogP) is 3.24. The van der Waals surface area contributed by atoms with E-state index in [1.807, 2.05) is 12.1 Å². The lowest BCUT2D eigenvalue weighted by Crippen LogP contribution is -2.44. The fourth-order valence-electron chi connectivity index (χ4n) is 5.34. The van der Waals surface area contributed by atoms with Gasteiger partial charge in [0.1, 0.15) is 10.9 Å². The van der Waals surface area contributed by atoms with E-state index in [1.54, 1.807) is 17.6 Å². The van der Waals surface area contributed by atoms with Crippen molar-refractivity contribution in [2.75, 3.05) is 5.73 Å². The summed E-state index contributed by atoms with van der Waals surface area (Å²) in [4.78, 5) is 30.6. The van der Waals surface area contributed by atoms with Crippen LogP contribution in [0.5, 0.6) is 0 Å². The number of benzene rings is 1. The van der Waals surface area contributed by atoms with Gasteiger partial charge in [0.2, 0.25) is 0 Å². The SMILES string of the molecule is CC[C@@]1(O)C(=O)OCc2c1cc1n(c2=O)Cc2c-1nc1ccc(N)c3c1c2C(Cl)(Cl)CC3. The molecular formula is C23H19Cl2N3O4. The zero-order valence-corrected chi connectivity index (χ0v) is 18.7. The number of esters is 1. The molecule has 0 saturated heterocycles. The Morgan fingerprint density at radius 2 is 2.03 bits per heavy atom. The van der Waals surface area contributed by atoms with Gasteiger partial charge in [0.05, 0.1) is 29.0 Å². The van der Waals surface area contributed by atoms with Crippen molar-refractivity contribution in [3.05, 3.63) is 56.4 Å². The Kier molecular flexibility index (Phi) is 3.91. The van der Waals surface area contributed by atoms with Gasteiger partial charge >= 0.3 is 5.97 Å². The van der Waals surface area contributed by atoms with Crippen molar-refractivity contribution in [1.82, 2.24) is 9.55 Å². The van der Waals surface area contributed by atoms with Crippen LogP contribution < -0.4 is 11.3 Å². The van der Waals surface area contributed by atoms with Gasteiger partial charge in [-0.2, -0.15) is 0 Å². The predicted molar refractivity (Wildman–Crippen MR) is 121 cm³/mol. The molecule has 1 atom stereocenters. The lowest BCUT2D eigenvalue weighted by Gasteiger charge is -2.31. The second-order valence-electron chi connectivity index (χ2n) is 8.65. The van der Waals surface area contributed by atoms with E-state index in [0.717, 1.165) is 22.1 Å². The molecule has 164 valence electrons. The molecular weight excluding hydrogens is 453 g/mol. The minimum atomic E-state index is -1.87. The van der Waals surface area contributed by atoms with Gasteiger partial charge in [-0.3, -0.25) is 4.79 Å². The Labute approximate surface area is 192 Å². The normalized spacial score (nSPS) is 22.3. The van der Waals surface area contributed by atoms with Crippen LogP contribution in [0, 0.1) is 0 Å². The molecule has 3 N–H and O–H groups in total. The number of nitrogen functional groups attached to an aromatic ring is 1. The van der Waals surface area contributed by atoms with Crippen LogP contribution in [-0.4, -0.2) is 20.6 Å². The highest BCUT2D eigenvalue weighted by molar-refractivity contribution is 6.49. The van der Waals surface area contributed by atoms with Crippen LogP contribution in [0.4, 0.5) is 5.69 Å². The van der Waals surface area contributed by atoms with Gasteiger partial charge in [-0.15, -0.1) is 0 Å². The number of aryl methyl sites for hydroxylation is 1. The number of aliphatic hydroxyl groups is 1. The van der Waals surface area contributed by atoms with Crippen molar-refractivity contribution < 1.29 is 14.6 Å².